The number of amides is 2. The Morgan fingerprint density at radius 1 is 1.29 bits per heavy atom. The molecule has 10 heteroatoms. The summed E-state index contributed by atoms with van der Waals surface area (Å²) in [5.74, 6) is -1.14. The van der Waals surface area contributed by atoms with Crippen molar-refractivity contribution in [3.8, 4) is 0 Å². The molecular weight excluding hydrogens is 300 g/mol. The average molecular weight is 322 g/mol. The van der Waals surface area contributed by atoms with Gasteiger partial charge in [-0.1, -0.05) is 0 Å². The van der Waals surface area contributed by atoms with Crippen LogP contribution in [0.4, 0.5) is 4.79 Å². The lowest BCUT2D eigenvalue weighted by Gasteiger charge is -2.31. The zero-order valence-electron chi connectivity index (χ0n) is 12.2. The first-order chi connectivity index (χ1) is 9.75. The molecule has 0 saturated carbocycles. The molecule has 1 saturated heterocycles. The molecule has 1 heterocycles. The molecule has 1 rings (SSSR count). The highest BCUT2D eigenvalue weighted by Crippen LogP contribution is 2.19. The van der Waals surface area contributed by atoms with Crippen molar-refractivity contribution in [3.63, 3.8) is 0 Å². The summed E-state index contributed by atoms with van der Waals surface area (Å²) in [6, 6.07) is -1.34. The molecule has 1 atom stereocenters. The van der Waals surface area contributed by atoms with Crippen LogP contribution in [0.15, 0.2) is 0 Å². The van der Waals surface area contributed by atoms with Crippen LogP contribution in [0.25, 0.3) is 0 Å². The number of piperidine rings is 1. The van der Waals surface area contributed by atoms with Gasteiger partial charge < -0.3 is 15.3 Å². The third-order valence-electron chi connectivity index (χ3n) is 3.14. The Morgan fingerprint density at radius 2 is 1.95 bits per heavy atom. The number of carboxylic acids is 1. The number of nitrogens with zero attached hydrogens (tertiary/aromatic N) is 2. The molecule has 0 aliphatic carbocycles. The SMILES string of the molecule is CN(C)C(=O)NCCNS(=O)(=O)N1CCCCC1C(=O)O. The molecule has 1 aliphatic heterocycles. The monoisotopic (exact) mass is 322 g/mol. The first kappa shape index (κ1) is 17.7. The first-order valence-electron chi connectivity index (χ1n) is 6.70. The maximum Gasteiger partial charge on any atom is 0.322 e. The number of hydrogen-bond acceptors (Lipinski definition) is 4. The van der Waals surface area contributed by atoms with E-state index >= 15 is 0 Å². The average Bonchev–Trinajstić information content (AvgIpc) is 2.43. The third-order valence-corrected chi connectivity index (χ3v) is 4.76. The van der Waals surface area contributed by atoms with E-state index in [1.54, 1.807) is 14.1 Å². The highest BCUT2D eigenvalue weighted by atomic mass is 32.2. The van der Waals surface area contributed by atoms with Crippen molar-refractivity contribution in [2.75, 3.05) is 33.7 Å². The van der Waals surface area contributed by atoms with Gasteiger partial charge in [-0.15, -0.1) is 0 Å². The Bertz CT molecular complexity index is 479. The maximum absolute atomic E-state index is 12.1. The molecule has 2 amide bonds. The minimum atomic E-state index is -3.86. The van der Waals surface area contributed by atoms with E-state index in [2.05, 4.69) is 10.0 Å². The number of carbonyl (C=O) groups is 2. The summed E-state index contributed by atoms with van der Waals surface area (Å²) in [5, 5.41) is 11.6. The second-order valence-electron chi connectivity index (χ2n) is 4.99. The Hall–Kier alpha value is -1.39. The van der Waals surface area contributed by atoms with Gasteiger partial charge in [-0.2, -0.15) is 12.7 Å². The lowest BCUT2D eigenvalue weighted by Crippen LogP contribution is -2.53. The molecule has 1 fully saturated rings. The minimum absolute atomic E-state index is 0.00471. The summed E-state index contributed by atoms with van der Waals surface area (Å²) in [4.78, 5) is 23.7. The smallest absolute Gasteiger partial charge is 0.322 e. The van der Waals surface area contributed by atoms with Crippen molar-refractivity contribution < 1.29 is 23.1 Å². The van der Waals surface area contributed by atoms with Crippen LogP contribution in [-0.2, 0) is 15.0 Å². The molecule has 1 aliphatic rings. The predicted molar refractivity (Wildman–Crippen MR) is 76.0 cm³/mol. The van der Waals surface area contributed by atoms with E-state index in [1.165, 1.54) is 4.90 Å². The van der Waals surface area contributed by atoms with Gasteiger partial charge in [0.25, 0.3) is 10.2 Å². The molecule has 21 heavy (non-hydrogen) atoms. The summed E-state index contributed by atoms with van der Waals surface area (Å²) >= 11 is 0. The van der Waals surface area contributed by atoms with E-state index in [9.17, 15) is 18.0 Å². The summed E-state index contributed by atoms with van der Waals surface area (Å²) in [5.41, 5.74) is 0. The molecule has 0 spiro atoms. The number of carboxylic acid groups (broad SMARTS) is 1. The number of aliphatic carboxylic acids is 1. The van der Waals surface area contributed by atoms with E-state index in [-0.39, 0.29) is 25.7 Å². The molecule has 9 nitrogen and oxygen atoms in total. The van der Waals surface area contributed by atoms with Crippen LogP contribution in [0.1, 0.15) is 19.3 Å². The molecule has 122 valence electrons. The van der Waals surface area contributed by atoms with Crippen LogP contribution in [0.5, 0.6) is 0 Å². The van der Waals surface area contributed by atoms with Gasteiger partial charge in [0, 0.05) is 33.7 Å². The number of rotatable bonds is 6. The fourth-order valence-corrected chi connectivity index (χ4v) is 3.46. The van der Waals surface area contributed by atoms with Gasteiger partial charge in [0.15, 0.2) is 0 Å². The standard InChI is InChI=1S/C11H22N4O5S/c1-14(2)11(18)12-6-7-13-21(19,20)15-8-4-3-5-9(15)10(16)17/h9,13H,3-8H2,1-2H3,(H,12,18)(H,16,17). The number of hydrogen-bond donors (Lipinski definition) is 3. The fraction of sp³-hybridized carbons (Fsp3) is 0.818. The predicted octanol–water partition coefficient (Wildman–Crippen LogP) is -0.969. The Kier molecular flexibility index (Phi) is 6.37. The molecule has 0 aromatic carbocycles. The topological polar surface area (TPSA) is 119 Å². The molecule has 0 aromatic heterocycles. The Labute approximate surface area is 124 Å². The summed E-state index contributed by atoms with van der Waals surface area (Å²) in [6.07, 6.45) is 1.65. The number of carbonyl (C=O) groups excluding carboxylic acids is 1. The second kappa shape index (κ2) is 7.57. The molecule has 0 bridgehead atoms. The van der Waals surface area contributed by atoms with Gasteiger partial charge in [0.2, 0.25) is 0 Å². The van der Waals surface area contributed by atoms with Crippen LogP contribution >= 0.6 is 0 Å². The van der Waals surface area contributed by atoms with Crippen LogP contribution < -0.4 is 10.0 Å². The summed E-state index contributed by atoms with van der Waals surface area (Å²) in [7, 11) is -0.710. The number of urea groups is 1. The van der Waals surface area contributed by atoms with Crippen LogP contribution in [0, 0.1) is 0 Å². The van der Waals surface area contributed by atoms with Gasteiger partial charge in [-0.05, 0) is 19.3 Å². The van der Waals surface area contributed by atoms with Crippen molar-refractivity contribution in [1.82, 2.24) is 19.2 Å². The van der Waals surface area contributed by atoms with Crippen molar-refractivity contribution in [3.05, 3.63) is 0 Å². The Balaban J connectivity index is 2.52. The zero-order chi connectivity index (χ0) is 16.0. The minimum Gasteiger partial charge on any atom is -0.480 e. The molecule has 3 N–H and O–H groups in total. The normalized spacial score (nSPS) is 20.0. The highest BCUT2D eigenvalue weighted by molar-refractivity contribution is 7.87. The van der Waals surface area contributed by atoms with Gasteiger partial charge in [0.1, 0.15) is 6.04 Å². The van der Waals surface area contributed by atoms with Gasteiger partial charge in [0.05, 0.1) is 0 Å². The van der Waals surface area contributed by atoms with Gasteiger partial charge in [-0.25, -0.2) is 9.52 Å². The van der Waals surface area contributed by atoms with Crippen molar-refractivity contribution in [1.29, 1.82) is 0 Å². The lowest BCUT2D eigenvalue weighted by atomic mass is 10.1. The summed E-state index contributed by atoms with van der Waals surface area (Å²) in [6.45, 7) is 0.322. The van der Waals surface area contributed by atoms with Crippen LogP contribution in [0.3, 0.4) is 0 Å². The molecule has 0 radical (unpaired) electrons. The zero-order valence-corrected chi connectivity index (χ0v) is 13.0. The van der Waals surface area contributed by atoms with E-state index in [4.69, 9.17) is 5.11 Å². The van der Waals surface area contributed by atoms with Crippen molar-refractivity contribution in [2.24, 2.45) is 0 Å². The van der Waals surface area contributed by atoms with Crippen LogP contribution in [0.2, 0.25) is 0 Å². The van der Waals surface area contributed by atoms with Crippen molar-refractivity contribution >= 4 is 22.2 Å². The molecule has 0 aromatic rings. The largest absolute Gasteiger partial charge is 0.480 e. The second-order valence-corrected chi connectivity index (χ2v) is 6.69. The number of nitrogens with one attached hydrogen (secondary N) is 2. The lowest BCUT2D eigenvalue weighted by molar-refractivity contribution is -0.142. The highest BCUT2D eigenvalue weighted by Gasteiger charge is 2.36. The van der Waals surface area contributed by atoms with E-state index < -0.39 is 22.2 Å². The fourth-order valence-electron chi connectivity index (χ4n) is 2.03. The van der Waals surface area contributed by atoms with E-state index in [0.29, 0.717) is 19.3 Å². The van der Waals surface area contributed by atoms with Gasteiger partial charge in [-0.3, -0.25) is 4.79 Å². The van der Waals surface area contributed by atoms with E-state index in [1.807, 2.05) is 0 Å². The third kappa shape index (κ3) is 5.14. The van der Waals surface area contributed by atoms with Crippen molar-refractivity contribution in [2.45, 2.75) is 25.3 Å². The summed E-state index contributed by atoms with van der Waals surface area (Å²) < 4.78 is 27.5. The maximum atomic E-state index is 12.1. The Morgan fingerprint density at radius 3 is 2.52 bits per heavy atom. The van der Waals surface area contributed by atoms with Crippen LogP contribution in [-0.4, -0.2) is 74.5 Å². The molecular formula is C11H22N4O5S. The van der Waals surface area contributed by atoms with E-state index in [0.717, 1.165) is 4.31 Å². The molecule has 1 unspecified atom stereocenters. The van der Waals surface area contributed by atoms with Gasteiger partial charge >= 0.3 is 12.0 Å². The quantitative estimate of drug-likeness (QED) is 0.544. The first-order valence-corrected chi connectivity index (χ1v) is 8.14.